The number of carboxylic acids is 1. The van der Waals surface area contributed by atoms with Crippen molar-refractivity contribution in [2.24, 2.45) is 0 Å². The van der Waals surface area contributed by atoms with Gasteiger partial charge in [-0.25, -0.2) is 9.18 Å². The van der Waals surface area contributed by atoms with Gasteiger partial charge in [-0.2, -0.15) is 11.3 Å². The van der Waals surface area contributed by atoms with Gasteiger partial charge in [0.25, 0.3) is 0 Å². The SMILES string of the molecule is O=C(O)c1ccc(NCCc2ccsc2)c(F)c1Br. The van der Waals surface area contributed by atoms with Crippen LogP contribution in [0.3, 0.4) is 0 Å². The standard InChI is InChI=1S/C13H11BrFNO2S/c14-11-9(13(17)18)1-2-10(12(11)15)16-5-3-8-4-6-19-7-8/h1-2,4,6-7,16H,3,5H2,(H,17,18). The summed E-state index contributed by atoms with van der Waals surface area (Å²) in [5.41, 5.74) is 1.41. The number of aromatic carboxylic acids is 1. The molecule has 0 atom stereocenters. The van der Waals surface area contributed by atoms with Crippen LogP contribution in [-0.4, -0.2) is 17.6 Å². The minimum absolute atomic E-state index is 0.0273. The Kier molecular flexibility index (Phi) is 4.55. The zero-order chi connectivity index (χ0) is 13.8. The lowest BCUT2D eigenvalue weighted by molar-refractivity contribution is 0.0695. The van der Waals surface area contributed by atoms with Gasteiger partial charge in [0.05, 0.1) is 15.7 Å². The summed E-state index contributed by atoms with van der Waals surface area (Å²) in [7, 11) is 0. The zero-order valence-corrected chi connectivity index (χ0v) is 12.2. The van der Waals surface area contributed by atoms with Crippen LogP contribution in [0.25, 0.3) is 0 Å². The maximum absolute atomic E-state index is 13.9. The largest absolute Gasteiger partial charge is 0.478 e. The number of nitrogens with one attached hydrogen (secondary N) is 1. The number of anilines is 1. The summed E-state index contributed by atoms with van der Waals surface area (Å²) in [5, 5.41) is 15.9. The number of benzene rings is 1. The van der Waals surface area contributed by atoms with Crippen molar-refractivity contribution in [3.8, 4) is 0 Å². The third kappa shape index (κ3) is 3.33. The number of halogens is 2. The number of rotatable bonds is 5. The van der Waals surface area contributed by atoms with Crippen molar-refractivity contribution in [3.63, 3.8) is 0 Å². The highest BCUT2D eigenvalue weighted by atomic mass is 79.9. The summed E-state index contributed by atoms with van der Waals surface area (Å²) in [6.45, 7) is 0.590. The maximum Gasteiger partial charge on any atom is 0.336 e. The summed E-state index contributed by atoms with van der Waals surface area (Å²) in [6.07, 6.45) is 0.793. The predicted octanol–water partition coefficient (Wildman–Crippen LogP) is 4.00. The first-order valence-corrected chi connectivity index (χ1v) is 7.29. The van der Waals surface area contributed by atoms with Crippen LogP contribution in [0, 0.1) is 5.82 Å². The molecule has 1 aromatic heterocycles. The molecular formula is C13H11BrFNO2S. The van der Waals surface area contributed by atoms with Crippen LogP contribution in [-0.2, 0) is 6.42 Å². The van der Waals surface area contributed by atoms with Crippen LogP contribution >= 0.6 is 27.3 Å². The predicted molar refractivity (Wildman–Crippen MR) is 77.6 cm³/mol. The minimum Gasteiger partial charge on any atom is -0.478 e. The molecule has 19 heavy (non-hydrogen) atoms. The third-order valence-corrected chi connectivity index (χ3v) is 4.13. The first kappa shape index (κ1) is 14.0. The molecule has 2 aromatic rings. The molecule has 0 radical (unpaired) electrons. The van der Waals surface area contributed by atoms with Gasteiger partial charge in [0.2, 0.25) is 0 Å². The summed E-state index contributed by atoms with van der Waals surface area (Å²) in [6, 6.07) is 4.84. The highest BCUT2D eigenvalue weighted by molar-refractivity contribution is 9.10. The Labute approximate surface area is 122 Å². The fourth-order valence-electron chi connectivity index (χ4n) is 1.63. The van der Waals surface area contributed by atoms with Crippen molar-refractivity contribution in [3.05, 3.63) is 50.4 Å². The Morgan fingerprint density at radius 2 is 2.21 bits per heavy atom. The lowest BCUT2D eigenvalue weighted by Gasteiger charge is -2.09. The summed E-state index contributed by atoms with van der Waals surface area (Å²) >= 11 is 4.59. The topological polar surface area (TPSA) is 49.3 Å². The van der Waals surface area contributed by atoms with E-state index in [9.17, 15) is 9.18 Å². The molecule has 0 fully saturated rings. The van der Waals surface area contributed by atoms with Gasteiger partial charge in [0.15, 0.2) is 5.82 Å². The highest BCUT2D eigenvalue weighted by Gasteiger charge is 2.15. The number of thiophene rings is 1. The second kappa shape index (κ2) is 6.16. The fourth-order valence-corrected chi connectivity index (χ4v) is 2.85. The van der Waals surface area contributed by atoms with E-state index in [1.165, 1.54) is 17.7 Å². The van der Waals surface area contributed by atoms with Gasteiger partial charge in [-0.1, -0.05) is 0 Å². The van der Waals surface area contributed by atoms with E-state index in [1.54, 1.807) is 11.3 Å². The Balaban J connectivity index is 2.05. The molecule has 0 aliphatic heterocycles. The van der Waals surface area contributed by atoms with Gasteiger partial charge in [0.1, 0.15) is 0 Å². The molecule has 0 aliphatic carbocycles. The quantitative estimate of drug-likeness (QED) is 0.862. The van der Waals surface area contributed by atoms with E-state index >= 15 is 0 Å². The average molecular weight is 344 g/mol. The minimum atomic E-state index is -1.16. The normalized spacial score (nSPS) is 10.4. The Morgan fingerprint density at radius 1 is 1.42 bits per heavy atom. The van der Waals surface area contributed by atoms with Gasteiger partial charge in [-0.05, 0) is 56.9 Å². The van der Waals surface area contributed by atoms with Crippen LogP contribution < -0.4 is 5.32 Å². The molecule has 0 spiro atoms. The van der Waals surface area contributed by atoms with Crippen molar-refractivity contribution in [1.82, 2.24) is 0 Å². The van der Waals surface area contributed by atoms with E-state index < -0.39 is 11.8 Å². The second-order valence-electron chi connectivity index (χ2n) is 3.90. The van der Waals surface area contributed by atoms with Crippen LogP contribution in [0.1, 0.15) is 15.9 Å². The van der Waals surface area contributed by atoms with Crippen LogP contribution in [0.2, 0.25) is 0 Å². The maximum atomic E-state index is 13.9. The van der Waals surface area contributed by atoms with Crippen molar-refractivity contribution < 1.29 is 14.3 Å². The first-order chi connectivity index (χ1) is 9.09. The molecule has 1 aromatic carbocycles. The van der Waals surface area contributed by atoms with E-state index in [0.717, 1.165) is 6.42 Å². The summed E-state index contributed by atoms with van der Waals surface area (Å²) < 4.78 is 13.9. The first-order valence-electron chi connectivity index (χ1n) is 5.56. The van der Waals surface area contributed by atoms with Gasteiger partial charge in [-0.3, -0.25) is 0 Å². The summed E-state index contributed by atoms with van der Waals surface area (Å²) in [4.78, 5) is 10.8. The second-order valence-corrected chi connectivity index (χ2v) is 5.48. The molecular weight excluding hydrogens is 333 g/mol. The summed E-state index contributed by atoms with van der Waals surface area (Å²) in [5.74, 6) is -1.74. The van der Waals surface area contributed by atoms with E-state index in [1.807, 2.05) is 16.8 Å². The monoisotopic (exact) mass is 343 g/mol. The van der Waals surface area contributed by atoms with E-state index in [2.05, 4.69) is 21.2 Å². The van der Waals surface area contributed by atoms with Gasteiger partial charge >= 0.3 is 5.97 Å². The van der Waals surface area contributed by atoms with Crippen molar-refractivity contribution >= 4 is 38.9 Å². The Bertz CT molecular complexity index is 587. The molecule has 0 aliphatic rings. The smallest absolute Gasteiger partial charge is 0.336 e. The molecule has 2 rings (SSSR count). The van der Waals surface area contributed by atoms with E-state index in [4.69, 9.17) is 5.11 Å². The number of hydrogen-bond donors (Lipinski definition) is 2. The lowest BCUT2D eigenvalue weighted by Crippen LogP contribution is -2.08. The van der Waals surface area contributed by atoms with Gasteiger partial charge < -0.3 is 10.4 Å². The average Bonchev–Trinajstić information content (AvgIpc) is 2.87. The molecule has 0 saturated heterocycles. The zero-order valence-electron chi connectivity index (χ0n) is 9.82. The molecule has 100 valence electrons. The molecule has 2 N–H and O–H groups in total. The molecule has 0 amide bonds. The molecule has 0 saturated carbocycles. The van der Waals surface area contributed by atoms with Crippen LogP contribution in [0.5, 0.6) is 0 Å². The number of hydrogen-bond acceptors (Lipinski definition) is 3. The molecule has 0 bridgehead atoms. The molecule has 3 nitrogen and oxygen atoms in total. The number of carboxylic acid groups (broad SMARTS) is 1. The number of carbonyl (C=O) groups is 1. The van der Waals surface area contributed by atoms with Crippen LogP contribution in [0.15, 0.2) is 33.4 Å². The van der Waals surface area contributed by atoms with Crippen molar-refractivity contribution in [1.29, 1.82) is 0 Å². The molecule has 0 unspecified atom stereocenters. The molecule has 6 heteroatoms. The van der Waals surface area contributed by atoms with Gasteiger partial charge in [0, 0.05) is 6.54 Å². The van der Waals surface area contributed by atoms with Crippen LogP contribution in [0.4, 0.5) is 10.1 Å². The highest BCUT2D eigenvalue weighted by Crippen LogP contribution is 2.27. The van der Waals surface area contributed by atoms with Crippen molar-refractivity contribution in [2.45, 2.75) is 6.42 Å². The van der Waals surface area contributed by atoms with E-state index in [-0.39, 0.29) is 10.0 Å². The van der Waals surface area contributed by atoms with Crippen molar-refractivity contribution in [2.75, 3.05) is 11.9 Å². The lowest BCUT2D eigenvalue weighted by atomic mass is 10.2. The Hall–Kier alpha value is -1.40. The Morgan fingerprint density at radius 3 is 2.84 bits per heavy atom. The van der Waals surface area contributed by atoms with E-state index in [0.29, 0.717) is 12.2 Å². The van der Waals surface area contributed by atoms with Gasteiger partial charge in [-0.15, -0.1) is 0 Å². The molecule has 1 heterocycles. The fraction of sp³-hybridized carbons (Fsp3) is 0.154. The third-order valence-electron chi connectivity index (χ3n) is 2.62.